The third-order valence-corrected chi connectivity index (χ3v) is 3.69. The summed E-state index contributed by atoms with van der Waals surface area (Å²) in [5, 5.41) is 0.580. The van der Waals surface area contributed by atoms with Crippen molar-refractivity contribution >= 4 is 17.3 Å². The number of halogens is 1. The normalized spacial score (nSPS) is 21.5. The molecule has 0 aromatic carbocycles. The van der Waals surface area contributed by atoms with Gasteiger partial charge in [-0.2, -0.15) is 0 Å². The topological polar surface area (TPSA) is 16.1 Å². The maximum Gasteiger partial charge on any atom is 0.131 e. The molecule has 88 valence electrons. The summed E-state index contributed by atoms with van der Waals surface area (Å²) in [7, 11) is 0. The van der Waals surface area contributed by atoms with E-state index >= 15 is 0 Å². The Morgan fingerprint density at radius 1 is 1.44 bits per heavy atom. The Labute approximate surface area is 103 Å². The van der Waals surface area contributed by atoms with Crippen molar-refractivity contribution in [2.24, 2.45) is 11.3 Å². The number of hydrogen-bond acceptors (Lipinski definition) is 2. The lowest BCUT2D eigenvalue weighted by molar-refractivity contribution is 0.263. The van der Waals surface area contributed by atoms with Crippen LogP contribution < -0.4 is 4.90 Å². The number of aromatic nitrogens is 1. The molecule has 1 aliphatic rings. The Hall–Kier alpha value is -0.760. The second-order valence-electron chi connectivity index (χ2n) is 5.63. The van der Waals surface area contributed by atoms with Crippen molar-refractivity contribution in [1.82, 2.24) is 4.98 Å². The maximum absolute atomic E-state index is 5.91. The molecule has 0 amide bonds. The standard InChI is InChI=1S/C13H19ClN2/c1-13(2,3)10-5-7-16(9-10)11-4-6-15-12(14)8-11/h4,6,8,10H,5,7,9H2,1-3H3. The highest BCUT2D eigenvalue weighted by atomic mass is 35.5. The van der Waals surface area contributed by atoms with Gasteiger partial charge in [0.1, 0.15) is 5.15 Å². The van der Waals surface area contributed by atoms with Gasteiger partial charge in [0.25, 0.3) is 0 Å². The monoisotopic (exact) mass is 238 g/mol. The number of anilines is 1. The minimum atomic E-state index is 0.394. The molecule has 1 saturated heterocycles. The summed E-state index contributed by atoms with van der Waals surface area (Å²) in [4.78, 5) is 6.42. The summed E-state index contributed by atoms with van der Waals surface area (Å²) in [6.07, 6.45) is 3.05. The first-order valence-electron chi connectivity index (χ1n) is 5.83. The van der Waals surface area contributed by atoms with E-state index in [9.17, 15) is 0 Å². The van der Waals surface area contributed by atoms with Crippen LogP contribution >= 0.6 is 11.6 Å². The third-order valence-electron chi connectivity index (χ3n) is 3.49. The molecule has 1 fully saturated rings. The van der Waals surface area contributed by atoms with Gasteiger partial charge in [0.15, 0.2) is 0 Å². The lowest BCUT2D eigenvalue weighted by Crippen LogP contribution is -2.25. The molecule has 3 heteroatoms. The summed E-state index contributed by atoms with van der Waals surface area (Å²) >= 11 is 5.91. The molecule has 2 rings (SSSR count). The van der Waals surface area contributed by atoms with Gasteiger partial charge in [0.2, 0.25) is 0 Å². The Kier molecular flexibility index (Phi) is 3.11. The largest absolute Gasteiger partial charge is 0.371 e. The van der Waals surface area contributed by atoms with Gasteiger partial charge in [0.05, 0.1) is 0 Å². The van der Waals surface area contributed by atoms with Crippen LogP contribution in [0.5, 0.6) is 0 Å². The van der Waals surface area contributed by atoms with Crippen molar-refractivity contribution in [2.45, 2.75) is 27.2 Å². The summed E-state index contributed by atoms with van der Waals surface area (Å²) in [5.41, 5.74) is 1.60. The van der Waals surface area contributed by atoms with E-state index in [0.717, 1.165) is 19.0 Å². The van der Waals surface area contributed by atoms with Gasteiger partial charge >= 0.3 is 0 Å². The van der Waals surface area contributed by atoms with Crippen LogP contribution in [0.1, 0.15) is 27.2 Å². The first-order chi connectivity index (χ1) is 7.47. The van der Waals surface area contributed by atoms with E-state index in [1.807, 2.05) is 12.1 Å². The predicted octanol–water partition coefficient (Wildman–Crippen LogP) is 3.61. The van der Waals surface area contributed by atoms with Crippen LogP contribution in [0.15, 0.2) is 18.3 Å². The van der Waals surface area contributed by atoms with Crippen LogP contribution in [-0.4, -0.2) is 18.1 Å². The number of hydrogen-bond donors (Lipinski definition) is 0. The van der Waals surface area contributed by atoms with Gasteiger partial charge < -0.3 is 4.90 Å². The van der Waals surface area contributed by atoms with E-state index in [-0.39, 0.29) is 0 Å². The smallest absolute Gasteiger partial charge is 0.131 e. The van der Waals surface area contributed by atoms with Crippen LogP contribution in [-0.2, 0) is 0 Å². The van der Waals surface area contributed by atoms with E-state index in [0.29, 0.717) is 10.6 Å². The molecular formula is C13H19ClN2. The maximum atomic E-state index is 5.91. The second kappa shape index (κ2) is 4.25. The molecular weight excluding hydrogens is 220 g/mol. The van der Waals surface area contributed by atoms with Crippen molar-refractivity contribution in [2.75, 3.05) is 18.0 Å². The highest BCUT2D eigenvalue weighted by molar-refractivity contribution is 6.29. The quantitative estimate of drug-likeness (QED) is 0.695. The van der Waals surface area contributed by atoms with E-state index in [1.165, 1.54) is 12.1 Å². The molecule has 0 aliphatic carbocycles. The van der Waals surface area contributed by atoms with Crippen LogP contribution in [0.2, 0.25) is 5.15 Å². The molecule has 1 atom stereocenters. The average molecular weight is 239 g/mol. The van der Waals surface area contributed by atoms with Crippen molar-refractivity contribution in [3.05, 3.63) is 23.5 Å². The second-order valence-corrected chi connectivity index (χ2v) is 6.02. The first-order valence-corrected chi connectivity index (χ1v) is 6.21. The zero-order valence-electron chi connectivity index (χ0n) is 10.2. The molecule has 0 bridgehead atoms. The molecule has 1 aliphatic heterocycles. The molecule has 16 heavy (non-hydrogen) atoms. The lowest BCUT2D eigenvalue weighted by atomic mass is 9.80. The zero-order chi connectivity index (χ0) is 11.8. The molecule has 1 aromatic rings. The van der Waals surface area contributed by atoms with Gasteiger partial charge in [-0.3, -0.25) is 0 Å². The zero-order valence-corrected chi connectivity index (χ0v) is 11.0. The SMILES string of the molecule is CC(C)(C)C1CCN(c2ccnc(Cl)c2)C1. The van der Waals surface area contributed by atoms with E-state index < -0.39 is 0 Å². The fourth-order valence-corrected chi connectivity index (χ4v) is 2.46. The van der Waals surface area contributed by atoms with Gasteiger partial charge in [0, 0.05) is 25.0 Å². The minimum Gasteiger partial charge on any atom is -0.371 e. The van der Waals surface area contributed by atoms with E-state index in [4.69, 9.17) is 11.6 Å². The summed E-state index contributed by atoms with van der Waals surface area (Å²) in [6.45, 7) is 9.22. The minimum absolute atomic E-state index is 0.394. The number of nitrogens with zero attached hydrogens (tertiary/aromatic N) is 2. The predicted molar refractivity (Wildman–Crippen MR) is 69.0 cm³/mol. The van der Waals surface area contributed by atoms with Crippen molar-refractivity contribution in [3.63, 3.8) is 0 Å². The first kappa shape index (κ1) is 11.7. The van der Waals surface area contributed by atoms with Gasteiger partial charge in [-0.25, -0.2) is 4.98 Å². The molecule has 1 unspecified atom stereocenters. The molecule has 2 heterocycles. The van der Waals surface area contributed by atoms with E-state index in [1.54, 1.807) is 6.20 Å². The average Bonchev–Trinajstić information content (AvgIpc) is 2.65. The van der Waals surface area contributed by atoms with Gasteiger partial charge in [-0.05, 0) is 29.9 Å². The van der Waals surface area contributed by atoms with Crippen molar-refractivity contribution in [3.8, 4) is 0 Å². The van der Waals surface area contributed by atoms with Gasteiger partial charge in [-0.1, -0.05) is 32.4 Å². The highest BCUT2D eigenvalue weighted by Gasteiger charge is 2.31. The molecule has 0 spiro atoms. The molecule has 0 saturated carbocycles. The Balaban J connectivity index is 2.09. The third kappa shape index (κ3) is 2.49. The van der Waals surface area contributed by atoms with Crippen molar-refractivity contribution < 1.29 is 0 Å². The van der Waals surface area contributed by atoms with Gasteiger partial charge in [-0.15, -0.1) is 0 Å². The highest BCUT2D eigenvalue weighted by Crippen LogP contribution is 2.35. The molecule has 0 N–H and O–H groups in total. The van der Waals surface area contributed by atoms with Crippen LogP contribution in [0.4, 0.5) is 5.69 Å². The Morgan fingerprint density at radius 2 is 2.19 bits per heavy atom. The fourth-order valence-electron chi connectivity index (χ4n) is 2.29. The Morgan fingerprint density at radius 3 is 2.75 bits per heavy atom. The number of rotatable bonds is 1. The van der Waals surface area contributed by atoms with Crippen LogP contribution in [0.25, 0.3) is 0 Å². The fraction of sp³-hybridized carbons (Fsp3) is 0.615. The van der Waals surface area contributed by atoms with E-state index in [2.05, 4.69) is 30.7 Å². The molecule has 1 aromatic heterocycles. The molecule has 2 nitrogen and oxygen atoms in total. The number of pyridine rings is 1. The summed E-state index contributed by atoms with van der Waals surface area (Å²) in [6, 6.07) is 3.99. The molecule has 0 radical (unpaired) electrons. The van der Waals surface area contributed by atoms with Crippen LogP contribution in [0.3, 0.4) is 0 Å². The Bertz CT molecular complexity index is 370. The van der Waals surface area contributed by atoms with Crippen molar-refractivity contribution in [1.29, 1.82) is 0 Å². The summed E-state index contributed by atoms with van der Waals surface area (Å²) in [5.74, 6) is 0.763. The van der Waals surface area contributed by atoms with Crippen LogP contribution in [0, 0.1) is 11.3 Å². The summed E-state index contributed by atoms with van der Waals surface area (Å²) < 4.78 is 0. The lowest BCUT2D eigenvalue weighted by Gasteiger charge is -2.27.